The zero-order valence-corrected chi connectivity index (χ0v) is 13.3. The van der Waals surface area contributed by atoms with Crippen LogP contribution in [0.3, 0.4) is 0 Å². The molecule has 1 fully saturated rings. The van der Waals surface area contributed by atoms with Crippen LogP contribution in [0.2, 0.25) is 0 Å². The van der Waals surface area contributed by atoms with E-state index in [9.17, 15) is 9.00 Å². The number of carbonyl (C=O) groups excluding carboxylic acids is 1. The lowest BCUT2D eigenvalue weighted by Crippen LogP contribution is -2.30. The van der Waals surface area contributed by atoms with Crippen molar-refractivity contribution in [1.82, 2.24) is 5.32 Å². The molecule has 0 heterocycles. The highest BCUT2D eigenvalue weighted by Gasteiger charge is 2.22. The number of carbonyl (C=O) groups is 1. The number of hydrogen-bond donors (Lipinski definition) is 1. The second kappa shape index (κ2) is 8.17. The SMILES string of the molecule is CCOc1cccc(CNC(=O)C[S@](=O)C2CCCC2)c1. The van der Waals surface area contributed by atoms with E-state index in [4.69, 9.17) is 4.74 Å². The number of rotatable bonds is 7. The Hall–Kier alpha value is -1.36. The maximum atomic E-state index is 12.0. The number of benzene rings is 1. The molecule has 1 atom stereocenters. The monoisotopic (exact) mass is 309 g/mol. The van der Waals surface area contributed by atoms with Crippen LogP contribution in [0.25, 0.3) is 0 Å². The molecule has 1 saturated carbocycles. The summed E-state index contributed by atoms with van der Waals surface area (Å²) in [4.78, 5) is 11.9. The van der Waals surface area contributed by atoms with E-state index >= 15 is 0 Å². The minimum Gasteiger partial charge on any atom is -0.494 e. The molecule has 1 amide bonds. The van der Waals surface area contributed by atoms with Crippen LogP contribution in [-0.2, 0) is 22.1 Å². The van der Waals surface area contributed by atoms with E-state index in [1.54, 1.807) is 0 Å². The Kier molecular flexibility index (Phi) is 6.23. The summed E-state index contributed by atoms with van der Waals surface area (Å²) in [5.74, 6) is 0.788. The second-order valence-electron chi connectivity index (χ2n) is 5.29. The Bertz CT molecular complexity index is 498. The first-order valence-corrected chi connectivity index (χ1v) is 8.93. The van der Waals surface area contributed by atoms with Crippen molar-refractivity contribution < 1.29 is 13.7 Å². The number of ether oxygens (including phenoxy) is 1. The van der Waals surface area contributed by atoms with Gasteiger partial charge in [0, 0.05) is 22.6 Å². The third-order valence-corrected chi connectivity index (χ3v) is 5.41. The Balaban J connectivity index is 1.78. The summed E-state index contributed by atoms with van der Waals surface area (Å²) in [6.45, 7) is 3.00. The van der Waals surface area contributed by atoms with E-state index in [0.29, 0.717) is 13.2 Å². The zero-order chi connectivity index (χ0) is 15.1. The van der Waals surface area contributed by atoms with Crippen molar-refractivity contribution in [3.05, 3.63) is 29.8 Å². The lowest BCUT2D eigenvalue weighted by molar-refractivity contribution is -0.118. The van der Waals surface area contributed by atoms with Gasteiger partial charge in [-0.3, -0.25) is 9.00 Å². The van der Waals surface area contributed by atoms with Gasteiger partial charge in [-0.1, -0.05) is 25.0 Å². The summed E-state index contributed by atoms with van der Waals surface area (Å²) >= 11 is 0. The van der Waals surface area contributed by atoms with E-state index < -0.39 is 10.8 Å². The summed E-state index contributed by atoms with van der Waals surface area (Å²) < 4.78 is 17.5. The zero-order valence-electron chi connectivity index (χ0n) is 12.5. The van der Waals surface area contributed by atoms with Gasteiger partial charge in [-0.25, -0.2) is 0 Å². The van der Waals surface area contributed by atoms with Gasteiger partial charge in [0.1, 0.15) is 11.5 Å². The highest BCUT2D eigenvalue weighted by Crippen LogP contribution is 2.22. The van der Waals surface area contributed by atoms with Gasteiger partial charge in [0.05, 0.1) is 6.61 Å². The van der Waals surface area contributed by atoms with Crippen LogP contribution in [0, 0.1) is 0 Å². The molecule has 1 aliphatic rings. The topological polar surface area (TPSA) is 55.4 Å². The third kappa shape index (κ3) is 5.16. The molecule has 1 aromatic carbocycles. The van der Waals surface area contributed by atoms with Crippen LogP contribution < -0.4 is 10.1 Å². The molecule has 1 N–H and O–H groups in total. The van der Waals surface area contributed by atoms with Gasteiger partial charge in [0.25, 0.3) is 0 Å². The first kappa shape index (κ1) is 16.0. The standard InChI is InChI=1S/C16H23NO3S/c1-2-20-14-7-5-6-13(10-14)11-17-16(18)12-21(19)15-8-3-4-9-15/h5-7,10,15H,2-4,8-9,11-12H2,1H3,(H,17,18)/t21-/m0/s1. The fraction of sp³-hybridized carbons (Fsp3) is 0.562. The first-order chi connectivity index (χ1) is 10.2. The summed E-state index contributed by atoms with van der Waals surface area (Å²) in [7, 11) is -1.03. The molecule has 0 saturated heterocycles. The van der Waals surface area contributed by atoms with E-state index in [2.05, 4.69) is 5.32 Å². The normalized spacial score (nSPS) is 16.6. The average molecular weight is 309 g/mol. The van der Waals surface area contributed by atoms with Crippen molar-refractivity contribution in [3.8, 4) is 5.75 Å². The van der Waals surface area contributed by atoms with Crippen molar-refractivity contribution >= 4 is 16.7 Å². The second-order valence-corrected chi connectivity index (χ2v) is 7.01. The molecule has 0 bridgehead atoms. The van der Waals surface area contributed by atoms with Gasteiger partial charge in [-0.05, 0) is 37.5 Å². The maximum Gasteiger partial charge on any atom is 0.232 e. The molecule has 0 unspecified atom stereocenters. The lowest BCUT2D eigenvalue weighted by atomic mass is 10.2. The molecule has 0 spiro atoms. The molecule has 1 aliphatic carbocycles. The van der Waals surface area contributed by atoms with E-state index in [1.165, 1.54) is 0 Å². The molecular formula is C16H23NO3S. The summed E-state index contributed by atoms with van der Waals surface area (Å²) in [5.41, 5.74) is 0.987. The molecule has 1 aromatic rings. The quantitative estimate of drug-likeness (QED) is 0.841. The Labute approximate surface area is 128 Å². The maximum absolute atomic E-state index is 12.0. The van der Waals surface area contributed by atoms with Crippen molar-refractivity contribution in [2.45, 2.75) is 44.4 Å². The highest BCUT2D eigenvalue weighted by molar-refractivity contribution is 7.86. The fourth-order valence-corrected chi connectivity index (χ4v) is 4.02. The van der Waals surface area contributed by atoms with Crippen LogP contribution in [0.5, 0.6) is 5.75 Å². The van der Waals surface area contributed by atoms with Gasteiger partial charge >= 0.3 is 0 Å². The van der Waals surface area contributed by atoms with Crippen LogP contribution >= 0.6 is 0 Å². The van der Waals surface area contributed by atoms with Crippen LogP contribution in [0.1, 0.15) is 38.2 Å². The molecule has 0 aromatic heterocycles. The number of nitrogens with one attached hydrogen (secondary N) is 1. The Morgan fingerprint density at radius 2 is 2.14 bits per heavy atom. The predicted octanol–water partition coefficient (Wildman–Crippen LogP) is 2.39. The highest BCUT2D eigenvalue weighted by atomic mass is 32.2. The molecule has 2 rings (SSSR count). The molecular weight excluding hydrogens is 286 g/mol. The lowest BCUT2D eigenvalue weighted by Gasteiger charge is -2.10. The van der Waals surface area contributed by atoms with Crippen molar-refractivity contribution in [2.75, 3.05) is 12.4 Å². The average Bonchev–Trinajstić information content (AvgIpc) is 3.00. The van der Waals surface area contributed by atoms with Crippen molar-refractivity contribution in [3.63, 3.8) is 0 Å². The van der Waals surface area contributed by atoms with Gasteiger partial charge in [0.2, 0.25) is 5.91 Å². The fourth-order valence-electron chi connectivity index (χ4n) is 2.56. The van der Waals surface area contributed by atoms with E-state index in [-0.39, 0.29) is 16.9 Å². The van der Waals surface area contributed by atoms with Crippen molar-refractivity contribution in [1.29, 1.82) is 0 Å². The van der Waals surface area contributed by atoms with Gasteiger partial charge in [-0.2, -0.15) is 0 Å². The summed E-state index contributed by atoms with van der Waals surface area (Å²) in [6, 6.07) is 7.65. The Morgan fingerprint density at radius 1 is 1.38 bits per heavy atom. The Morgan fingerprint density at radius 3 is 2.86 bits per heavy atom. The minimum atomic E-state index is -1.03. The van der Waals surface area contributed by atoms with E-state index in [1.807, 2.05) is 31.2 Å². The third-order valence-electron chi connectivity index (χ3n) is 3.65. The van der Waals surface area contributed by atoms with Crippen LogP contribution in [0.4, 0.5) is 0 Å². The molecule has 4 nitrogen and oxygen atoms in total. The first-order valence-electron chi connectivity index (χ1n) is 7.54. The van der Waals surface area contributed by atoms with Crippen molar-refractivity contribution in [2.24, 2.45) is 0 Å². The molecule has 21 heavy (non-hydrogen) atoms. The summed E-state index contributed by atoms with van der Waals surface area (Å²) in [6.07, 6.45) is 4.27. The minimum absolute atomic E-state index is 0.121. The van der Waals surface area contributed by atoms with Crippen LogP contribution in [-0.4, -0.2) is 27.7 Å². The van der Waals surface area contributed by atoms with Gasteiger partial charge in [-0.15, -0.1) is 0 Å². The molecule has 5 heteroatoms. The number of hydrogen-bond acceptors (Lipinski definition) is 3. The molecule has 116 valence electrons. The smallest absolute Gasteiger partial charge is 0.232 e. The van der Waals surface area contributed by atoms with Crippen LogP contribution in [0.15, 0.2) is 24.3 Å². The van der Waals surface area contributed by atoms with Gasteiger partial charge < -0.3 is 10.1 Å². The molecule has 0 radical (unpaired) electrons. The largest absolute Gasteiger partial charge is 0.494 e. The number of amides is 1. The van der Waals surface area contributed by atoms with Gasteiger partial charge in [0.15, 0.2) is 0 Å². The molecule has 0 aliphatic heterocycles. The van der Waals surface area contributed by atoms with E-state index in [0.717, 1.165) is 37.0 Å². The predicted molar refractivity (Wildman–Crippen MR) is 84.7 cm³/mol. The summed E-state index contributed by atoms with van der Waals surface area (Å²) in [5, 5.41) is 3.05.